The number of anilines is 1. The van der Waals surface area contributed by atoms with Crippen molar-refractivity contribution in [3.05, 3.63) is 70.0 Å². The maximum absolute atomic E-state index is 13.2. The molecule has 232 valence electrons. The van der Waals surface area contributed by atoms with Crippen molar-refractivity contribution in [1.29, 1.82) is 0 Å². The fraction of sp³-hybridized carbons (Fsp3) is 0.429. The average molecular weight is 643 g/mol. The van der Waals surface area contributed by atoms with Crippen LogP contribution < -0.4 is 14.2 Å². The quantitative estimate of drug-likeness (QED) is 0.259. The average Bonchev–Trinajstić information content (AvgIpc) is 2.90. The minimum Gasteiger partial charge on any atom is -0.497 e. The summed E-state index contributed by atoms with van der Waals surface area (Å²) in [6.07, 6.45) is 1.70. The lowest BCUT2D eigenvalue weighted by atomic mass is 9.88. The number of benzene rings is 2. The fourth-order valence-electron chi connectivity index (χ4n) is 5.00. The summed E-state index contributed by atoms with van der Waals surface area (Å²) in [4.78, 5) is -0.114. The molecule has 0 aromatic heterocycles. The van der Waals surface area contributed by atoms with Crippen molar-refractivity contribution in [2.24, 2.45) is 5.92 Å². The molecule has 3 rings (SSSR count). The largest absolute Gasteiger partial charge is 0.497 e. The van der Waals surface area contributed by atoms with E-state index in [0.717, 1.165) is 5.57 Å². The molecular weight excluding hydrogens is 605 g/mol. The Bertz CT molecular complexity index is 1730. The molecule has 0 saturated heterocycles. The number of nitrogens with one attached hydrogen (secondary N) is 2. The van der Waals surface area contributed by atoms with Gasteiger partial charge in [-0.1, -0.05) is 6.92 Å². The highest BCUT2D eigenvalue weighted by molar-refractivity contribution is 7.93. The van der Waals surface area contributed by atoms with Crippen molar-refractivity contribution >= 4 is 35.9 Å². The Morgan fingerprint density at radius 3 is 2.05 bits per heavy atom. The van der Waals surface area contributed by atoms with Gasteiger partial charge in [0.25, 0.3) is 10.1 Å². The van der Waals surface area contributed by atoms with E-state index in [-0.39, 0.29) is 27.9 Å². The number of allylic oxidation sites excluding steroid dienone is 2. The van der Waals surface area contributed by atoms with Crippen LogP contribution in [0.15, 0.2) is 63.1 Å². The third kappa shape index (κ3) is 7.00. The van der Waals surface area contributed by atoms with Gasteiger partial charge in [-0.3, -0.25) is 8.91 Å². The maximum Gasteiger partial charge on any atom is 0.297 e. The van der Waals surface area contributed by atoms with E-state index < -0.39 is 42.0 Å². The number of hydrogen-bond donors (Lipinski definition) is 2. The molecule has 2 atom stereocenters. The number of aryl methyl sites for hydroxylation is 1. The molecule has 42 heavy (non-hydrogen) atoms. The molecule has 0 heterocycles. The van der Waals surface area contributed by atoms with E-state index in [1.807, 2.05) is 13.8 Å². The van der Waals surface area contributed by atoms with Gasteiger partial charge in [-0.2, -0.15) is 8.42 Å². The highest BCUT2D eigenvalue weighted by atomic mass is 32.2. The third-order valence-corrected chi connectivity index (χ3v) is 12.4. The van der Waals surface area contributed by atoms with Gasteiger partial charge in [0, 0.05) is 18.2 Å². The number of hydrogen-bond acceptors (Lipinski definition) is 9. The molecule has 2 aromatic rings. The van der Waals surface area contributed by atoms with Gasteiger partial charge in [0.05, 0.1) is 25.7 Å². The van der Waals surface area contributed by atoms with Crippen molar-refractivity contribution in [3.63, 3.8) is 0 Å². The van der Waals surface area contributed by atoms with Crippen LogP contribution in [0.4, 0.5) is 5.69 Å². The van der Waals surface area contributed by atoms with Crippen molar-refractivity contribution < 1.29 is 38.9 Å². The third-order valence-electron chi connectivity index (χ3n) is 7.39. The first-order valence-corrected chi connectivity index (χ1v) is 17.5. The summed E-state index contributed by atoms with van der Waals surface area (Å²) in [7, 11) is -9.04. The Labute approximate surface area is 249 Å². The van der Waals surface area contributed by atoms with Crippen LogP contribution in [0.25, 0.3) is 0 Å². The predicted molar refractivity (Wildman–Crippen MR) is 161 cm³/mol. The summed E-state index contributed by atoms with van der Waals surface area (Å²) in [5.41, 5.74) is 3.22. The highest BCUT2D eigenvalue weighted by Gasteiger charge is 2.37. The van der Waals surface area contributed by atoms with Crippen molar-refractivity contribution in [1.82, 2.24) is 4.72 Å². The zero-order valence-electron chi connectivity index (χ0n) is 24.9. The molecule has 1 aliphatic carbocycles. The molecule has 2 unspecified atom stereocenters. The second-order valence-electron chi connectivity index (χ2n) is 10.2. The Balaban J connectivity index is 1.65. The number of methoxy groups -OCH3 is 2. The summed E-state index contributed by atoms with van der Waals surface area (Å²) in [6, 6.07) is 6.81. The summed E-state index contributed by atoms with van der Waals surface area (Å²) >= 11 is 0. The van der Waals surface area contributed by atoms with Crippen LogP contribution in [0, 0.1) is 26.7 Å². The Morgan fingerprint density at radius 1 is 0.857 bits per heavy atom. The standard InChI is InChI=1S/C28H38N2O9S3/c1-17-15-25(37-7)19(3)21(5)27(17)41(33,34)30-23-9-11-24(12-10-23)40(31,32)29-13-14-39-42(35,36)28-18(2)16-26(38-8)20(4)22(28)6/h9-12,15-16,21,27,29-30H,13-14H2,1-8H3. The van der Waals surface area contributed by atoms with E-state index in [1.54, 1.807) is 39.8 Å². The number of ether oxygens (including phenoxy) is 2. The van der Waals surface area contributed by atoms with Gasteiger partial charge in [0.15, 0.2) is 0 Å². The smallest absolute Gasteiger partial charge is 0.297 e. The number of sulfonamides is 2. The van der Waals surface area contributed by atoms with Gasteiger partial charge in [-0.05, 0) is 98.9 Å². The van der Waals surface area contributed by atoms with E-state index in [0.29, 0.717) is 33.8 Å². The van der Waals surface area contributed by atoms with Gasteiger partial charge in [-0.25, -0.2) is 21.6 Å². The summed E-state index contributed by atoms with van der Waals surface area (Å²) < 4.78 is 98.4. The van der Waals surface area contributed by atoms with Gasteiger partial charge in [0.1, 0.15) is 21.7 Å². The number of rotatable bonds is 12. The van der Waals surface area contributed by atoms with Crippen LogP contribution in [0.5, 0.6) is 5.75 Å². The Morgan fingerprint density at radius 2 is 1.48 bits per heavy atom. The lowest BCUT2D eigenvalue weighted by molar-refractivity contribution is 0.293. The van der Waals surface area contributed by atoms with E-state index >= 15 is 0 Å². The van der Waals surface area contributed by atoms with Crippen molar-refractivity contribution in [3.8, 4) is 5.75 Å². The van der Waals surface area contributed by atoms with E-state index in [4.69, 9.17) is 13.7 Å². The minimum atomic E-state index is -4.17. The molecule has 0 bridgehead atoms. The first kappa shape index (κ1) is 33.6. The molecule has 2 aromatic carbocycles. The van der Waals surface area contributed by atoms with Crippen LogP contribution in [-0.2, 0) is 39.1 Å². The van der Waals surface area contributed by atoms with Gasteiger partial charge < -0.3 is 9.47 Å². The Kier molecular flexibility index (Phi) is 10.2. The van der Waals surface area contributed by atoms with Crippen LogP contribution in [-0.4, -0.2) is 57.9 Å². The molecule has 11 nitrogen and oxygen atoms in total. The molecule has 0 saturated carbocycles. The molecule has 14 heteroatoms. The van der Waals surface area contributed by atoms with Gasteiger partial charge >= 0.3 is 0 Å². The minimum absolute atomic E-state index is 0.0142. The Hall–Kier alpha value is -2.91. The van der Waals surface area contributed by atoms with Gasteiger partial charge in [0.2, 0.25) is 20.0 Å². The molecule has 0 radical (unpaired) electrons. The zero-order chi connectivity index (χ0) is 31.6. The topological polar surface area (TPSA) is 154 Å². The van der Waals surface area contributed by atoms with Crippen LogP contribution in [0.1, 0.15) is 37.5 Å². The second-order valence-corrected chi connectivity index (χ2v) is 15.3. The van der Waals surface area contributed by atoms with E-state index in [1.165, 1.54) is 38.5 Å². The lowest BCUT2D eigenvalue weighted by Crippen LogP contribution is -2.37. The first-order chi connectivity index (χ1) is 19.5. The molecule has 0 spiro atoms. The SMILES string of the molecule is COC1=C(C)C(C)C(S(=O)(=O)Nc2ccc(S(=O)(=O)NCCOS(=O)(=O)c3c(C)cc(OC)c(C)c3C)cc2)C(C)=C1. The zero-order valence-corrected chi connectivity index (χ0v) is 27.4. The van der Waals surface area contributed by atoms with Crippen LogP contribution in [0.2, 0.25) is 0 Å². The summed E-state index contributed by atoms with van der Waals surface area (Å²) in [6.45, 7) is 9.62. The molecule has 2 N–H and O–H groups in total. The molecule has 0 amide bonds. The molecule has 1 aliphatic rings. The normalized spacial score (nSPS) is 18.0. The van der Waals surface area contributed by atoms with Crippen LogP contribution in [0.3, 0.4) is 0 Å². The monoisotopic (exact) mass is 642 g/mol. The van der Waals surface area contributed by atoms with Gasteiger partial charge in [-0.15, -0.1) is 0 Å². The highest BCUT2D eigenvalue weighted by Crippen LogP contribution is 2.35. The fourth-order valence-corrected chi connectivity index (χ4v) is 9.31. The van der Waals surface area contributed by atoms with Crippen molar-refractivity contribution in [2.45, 2.75) is 56.6 Å². The predicted octanol–water partition coefficient (Wildman–Crippen LogP) is 3.93. The summed E-state index contributed by atoms with van der Waals surface area (Å²) in [5, 5.41) is -0.827. The van der Waals surface area contributed by atoms with Crippen molar-refractivity contribution in [2.75, 3.05) is 32.1 Å². The molecular formula is C28H38N2O9S3. The lowest BCUT2D eigenvalue weighted by Gasteiger charge is -2.30. The van der Waals surface area contributed by atoms with Crippen LogP contribution >= 0.6 is 0 Å². The maximum atomic E-state index is 13.2. The molecule has 0 fully saturated rings. The second kappa shape index (κ2) is 12.8. The van der Waals surface area contributed by atoms with E-state index in [2.05, 4.69) is 9.44 Å². The van der Waals surface area contributed by atoms with E-state index in [9.17, 15) is 25.3 Å². The molecule has 0 aliphatic heterocycles. The summed E-state index contributed by atoms with van der Waals surface area (Å²) in [5.74, 6) is 0.857. The first-order valence-electron chi connectivity index (χ1n) is 13.0.